The molecule has 1 aliphatic carbocycles. The van der Waals surface area contributed by atoms with Crippen LogP contribution < -0.4 is 0 Å². The average molecular weight is 336 g/mol. The van der Waals surface area contributed by atoms with Gasteiger partial charge in [-0.15, -0.1) is 11.3 Å². The molecule has 1 saturated heterocycles. The fourth-order valence-electron chi connectivity index (χ4n) is 3.15. The zero-order valence-electron chi connectivity index (χ0n) is 15.1. The number of rotatable bonds is 3. The van der Waals surface area contributed by atoms with Gasteiger partial charge in [-0.2, -0.15) is 0 Å². The predicted molar refractivity (Wildman–Crippen MR) is 94.6 cm³/mol. The van der Waals surface area contributed by atoms with Crippen LogP contribution in [0.4, 0.5) is 0 Å². The minimum absolute atomic E-state index is 0.0103. The first-order valence-electron chi connectivity index (χ1n) is 8.65. The maximum atomic E-state index is 12.3. The Labute approximate surface area is 143 Å². The van der Waals surface area contributed by atoms with Gasteiger partial charge < -0.3 is 4.90 Å². The molecular weight excluding hydrogens is 306 g/mol. The number of carbonyl (C=O) groups is 1. The fourth-order valence-corrected chi connectivity index (χ4v) is 4.19. The summed E-state index contributed by atoms with van der Waals surface area (Å²) < 4.78 is 0. The lowest BCUT2D eigenvalue weighted by atomic mass is 9.93. The number of piperazine rings is 1. The zero-order chi connectivity index (χ0) is 16.8. The molecule has 1 aromatic rings. The third kappa shape index (κ3) is 3.77. The highest BCUT2D eigenvalue weighted by Crippen LogP contribution is 2.33. The molecule has 128 valence electrons. The van der Waals surface area contributed by atoms with Gasteiger partial charge in [0.15, 0.2) is 0 Å². The van der Waals surface area contributed by atoms with Crippen molar-refractivity contribution in [3.8, 4) is 0 Å². The number of hydrogen-bond acceptors (Lipinski definition) is 4. The van der Waals surface area contributed by atoms with Crippen LogP contribution in [0.3, 0.4) is 0 Å². The topological polar surface area (TPSA) is 36.4 Å². The van der Waals surface area contributed by atoms with Crippen LogP contribution in [0.5, 0.6) is 0 Å². The maximum absolute atomic E-state index is 12.3. The Hall–Kier alpha value is -0.940. The van der Waals surface area contributed by atoms with E-state index in [1.165, 1.54) is 10.7 Å². The van der Waals surface area contributed by atoms with Gasteiger partial charge in [-0.05, 0) is 26.7 Å². The van der Waals surface area contributed by atoms with Gasteiger partial charge in [0.1, 0.15) is 5.01 Å². The fraction of sp³-hybridized carbons (Fsp3) is 0.778. The molecule has 0 spiro atoms. The van der Waals surface area contributed by atoms with Crippen LogP contribution in [0.2, 0.25) is 0 Å². The second-order valence-electron chi connectivity index (χ2n) is 8.64. The van der Waals surface area contributed by atoms with Gasteiger partial charge in [-0.3, -0.25) is 9.69 Å². The number of aromatic nitrogens is 1. The Morgan fingerprint density at radius 2 is 2.04 bits per heavy atom. The van der Waals surface area contributed by atoms with E-state index in [1.54, 1.807) is 11.3 Å². The lowest BCUT2D eigenvalue weighted by Gasteiger charge is -2.47. The molecule has 5 heteroatoms. The second-order valence-corrected chi connectivity index (χ2v) is 9.59. The number of nitrogens with zero attached hydrogens (tertiary/aromatic N) is 3. The molecule has 3 rings (SSSR count). The van der Waals surface area contributed by atoms with Crippen molar-refractivity contribution in [2.24, 2.45) is 5.92 Å². The summed E-state index contributed by atoms with van der Waals surface area (Å²) in [5, 5.41) is 3.37. The second kappa shape index (κ2) is 5.85. The first-order chi connectivity index (χ1) is 10.7. The molecule has 0 unspecified atom stereocenters. The third-order valence-corrected chi connectivity index (χ3v) is 5.79. The molecule has 2 heterocycles. The molecule has 4 nitrogen and oxygen atoms in total. The van der Waals surface area contributed by atoms with E-state index < -0.39 is 0 Å². The predicted octanol–water partition coefficient (Wildman–Crippen LogP) is 3.27. The van der Waals surface area contributed by atoms with Crippen molar-refractivity contribution in [2.45, 2.75) is 65.0 Å². The van der Waals surface area contributed by atoms with E-state index in [4.69, 9.17) is 4.98 Å². The summed E-state index contributed by atoms with van der Waals surface area (Å²) in [5.74, 6) is 0.702. The van der Waals surface area contributed by atoms with Crippen LogP contribution in [0.15, 0.2) is 5.38 Å². The van der Waals surface area contributed by atoms with Gasteiger partial charge >= 0.3 is 0 Å². The van der Waals surface area contributed by atoms with Crippen LogP contribution in [0.25, 0.3) is 0 Å². The molecule has 23 heavy (non-hydrogen) atoms. The number of amides is 1. The van der Waals surface area contributed by atoms with Gasteiger partial charge in [0.05, 0.1) is 12.2 Å². The molecular formula is C18H29N3OS. The highest BCUT2D eigenvalue weighted by atomic mass is 32.1. The monoisotopic (exact) mass is 335 g/mol. The molecule has 0 bridgehead atoms. The van der Waals surface area contributed by atoms with Crippen molar-refractivity contribution >= 4 is 17.2 Å². The Kier molecular flexibility index (Phi) is 4.30. The summed E-state index contributed by atoms with van der Waals surface area (Å²) in [7, 11) is 0. The molecule has 1 aliphatic heterocycles. The Balaban J connectivity index is 1.64. The number of hydrogen-bond donors (Lipinski definition) is 0. The van der Waals surface area contributed by atoms with E-state index in [-0.39, 0.29) is 11.0 Å². The van der Waals surface area contributed by atoms with Gasteiger partial charge in [0.25, 0.3) is 0 Å². The van der Waals surface area contributed by atoms with Gasteiger partial charge in [-0.1, -0.05) is 20.8 Å². The normalized spacial score (nSPS) is 22.4. The van der Waals surface area contributed by atoms with E-state index >= 15 is 0 Å². The van der Waals surface area contributed by atoms with Crippen LogP contribution >= 0.6 is 11.3 Å². The summed E-state index contributed by atoms with van der Waals surface area (Å²) in [6.07, 6.45) is 2.18. The summed E-state index contributed by atoms with van der Waals surface area (Å²) in [6.45, 7) is 14.6. The Morgan fingerprint density at radius 1 is 1.35 bits per heavy atom. The Bertz CT molecular complexity index is 583. The smallest absolute Gasteiger partial charge is 0.225 e. The summed E-state index contributed by atoms with van der Waals surface area (Å²) in [5.41, 5.74) is 1.30. The lowest BCUT2D eigenvalue weighted by Crippen LogP contribution is -2.60. The minimum Gasteiger partial charge on any atom is -0.339 e. The molecule has 1 amide bonds. The molecule has 2 aliphatic rings. The van der Waals surface area contributed by atoms with Crippen molar-refractivity contribution in [1.29, 1.82) is 0 Å². The molecule has 1 saturated carbocycles. The standard InChI is InChI=1S/C18H29N3OS/c1-17(2,3)14-11-23-15(19-14)10-21-9-8-20(12-18(21,4)5)16(22)13-6-7-13/h11,13H,6-10,12H2,1-5H3. The molecule has 0 atom stereocenters. The Morgan fingerprint density at radius 3 is 2.57 bits per heavy atom. The highest BCUT2D eigenvalue weighted by molar-refractivity contribution is 7.09. The van der Waals surface area contributed by atoms with Crippen molar-refractivity contribution in [1.82, 2.24) is 14.8 Å². The molecule has 1 aromatic heterocycles. The van der Waals surface area contributed by atoms with E-state index in [9.17, 15) is 4.79 Å². The number of carbonyl (C=O) groups excluding carboxylic acids is 1. The van der Waals surface area contributed by atoms with E-state index in [0.717, 1.165) is 39.0 Å². The van der Waals surface area contributed by atoms with Gasteiger partial charge in [-0.25, -0.2) is 4.98 Å². The summed E-state index contributed by atoms with van der Waals surface area (Å²) in [6, 6.07) is 0. The molecule has 0 aromatic carbocycles. The quantitative estimate of drug-likeness (QED) is 0.850. The van der Waals surface area contributed by atoms with Gasteiger partial charge in [0.2, 0.25) is 5.91 Å². The molecule has 0 N–H and O–H groups in total. The van der Waals surface area contributed by atoms with Crippen molar-refractivity contribution < 1.29 is 4.79 Å². The SMILES string of the molecule is CC(C)(C)c1csc(CN2CCN(C(=O)C3CC3)CC2(C)C)n1. The maximum Gasteiger partial charge on any atom is 0.225 e. The highest BCUT2D eigenvalue weighted by Gasteiger charge is 2.40. The zero-order valence-corrected chi connectivity index (χ0v) is 15.9. The molecule has 2 fully saturated rings. The third-order valence-electron chi connectivity index (χ3n) is 4.96. The van der Waals surface area contributed by atoms with Crippen LogP contribution in [0.1, 0.15) is 58.2 Å². The van der Waals surface area contributed by atoms with E-state index in [0.29, 0.717) is 11.8 Å². The summed E-state index contributed by atoms with van der Waals surface area (Å²) >= 11 is 1.76. The largest absolute Gasteiger partial charge is 0.339 e. The van der Waals surface area contributed by atoms with E-state index in [2.05, 4.69) is 49.8 Å². The van der Waals surface area contributed by atoms with Crippen LogP contribution in [-0.2, 0) is 16.8 Å². The van der Waals surface area contributed by atoms with Gasteiger partial charge in [0, 0.05) is 41.9 Å². The molecule has 0 radical (unpaired) electrons. The first kappa shape index (κ1) is 16.9. The van der Waals surface area contributed by atoms with Crippen LogP contribution in [-0.4, -0.2) is 45.9 Å². The first-order valence-corrected chi connectivity index (χ1v) is 9.53. The average Bonchev–Trinajstić information content (AvgIpc) is 3.17. The number of thiazole rings is 1. The lowest BCUT2D eigenvalue weighted by molar-refractivity contribution is -0.137. The summed E-state index contributed by atoms with van der Waals surface area (Å²) in [4.78, 5) is 21.7. The van der Waals surface area contributed by atoms with Crippen molar-refractivity contribution in [3.63, 3.8) is 0 Å². The van der Waals surface area contributed by atoms with Crippen molar-refractivity contribution in [3.05, 3.63) is 16.1 Å². The van der Waals surface area contributed by atoms with Crippen molar-refractivity contribution in [2.75, 3.05) is 19.6 Å². The minimum atomic E-state index is 0.0103. The van der Waals surface area contributed by atoms with Crippen LogP contribution in [0, 0.1) is 5.92 Å². The van der Waals surface area contributed by atoms with E-state index in [1.807, 2.05) is 0 Å².